The molecule has 0 aliphatic carbocycles. The predicted octanol–water partition coefficient (Wildman–Crippen LogP) is -0.329. The molecule has 1 aromatic heterocycles. The van der Waals surface area contributed by atoms with E-state index in [1.165, 1.54) is 4.68 Å². The van der Waals surface area contributed by atoms with Gasteiger partial charge >= 0.3 is 0 Å². The lowest BCUT2D eigenvalue weighted by atomic mass is 10.5. The first kappa shape index (κ1) is 12.5. The second-order valence-electron chi connectivity index (χ2n) is 3.24. The van der Waals surface area contributed by atoms with E-state index in [4.69, 9.17) is 18.1 Å². The van der Waals surface area contributed by atoms with Crippen molar-refractivity contribution in [3.8, 4) is 0 Å². The molecule has 0 unspecified atom stereocenters. The Hall–Kier alpha value is -0.530. The number of rotatable bonds is 6. The highest BCUT2D eigenvalue weighted by Crippen LogP contribution is 2.11. The standard InChI is InChI=1S/C8H17N5S2/c1-3-12(4-2)5-6-15-8-11-10-7(14)13(8)9/h3-6,9H2,1-2H3,(H,10,14)/p+1. The Morgan fingerprint density at radius 2 is 2.20 bits per heavy atom. The molecule has 1 rings (SSSR count). The topological polar surface area (TPSA) is 64.1 Å². The van der Waals surface area contributed by atoms with Crippen molar-refractivity contribution < 1.29 is 4.90 Å². The van der Waals surface area contributed by atoms with Crippen LogP contribution in [0.15, 0.2) is 5.16 Å². The summed E-state index contributed by atoms with van der Waals surface area (Å²) in [6.07, 6.45) is 0. The molecule has 7 heteroatoms. The monoisotopic (exact) mass is 248 g/mol. The zero-order valence-corrected chi connectivity index (χ0v) is 10.7. The average molecular weight is 248 g/mol. The van der Waals surface area contributed by atoms with E-state index in [1.54, 1.807) is 16.7 Å². The summed E-state index contributed by atoms with van der Waals surface area (Å²) in [6.45, 7) is 7.83. The quantitative estimate of drug-likeness (QED) is 0.366. The summed E-state index contributed by atoms with van der Waals surface area (Å²) in [5, 5.41) is 7.46. The molecule has 0 aliphatic rings. The van der Waals surface area contributed by atoms with Crippen LogP contribution in [0.1, 0.15) is 13.8 Å². The van der Waals surface area contributed by atoms with Crippen molar-refractivity contribution in [1.82, 2.24) is 14.9 Å². The van der Waals surface area contributed by atoms with Gasteiger partial charge in [-0.05, 0) is 26.1 Å². The Kier molecular flexibility index (Phi) is 5.13. The van der Waals surface area contributed by atoms with Crippen LogP contribution in [0, 0.1) is 4.77 Å². The Bertz CT molecular complexity index is 341. The van der Waals surface area contributed by atoms with E-state index in [1.807, 2.05) is 0 Å². The van der Waals surface area contributed by atoms with Gasteiger partial charge in [-0.2, -0.15) is 0 Å². The van der Waals surface area contributed by atoms with Crippen LogP contribution in [0.2, 0.25) is 0 Å². The third-order valence-electron chi connectivity index (χ3n) is 2.36. The smallest absolute Gasteiger partial charge is 0.214 e. The summed E-state index contributed by atoms with van der Waals surface area (Å²) in [5.41, 5.74) is 0. The molecule has 1 aromatic rings. The molecular weight excluding hydrogens is 230 g/mol. The third-order valence-corrected chi connectivity index (χ3v) is 3.60. The van der Waals surface area contributed by atoms with Crippen LogP contribution >= 0.6 is 24.0 Å². The van der Waals surface area contributed by atoms with Crippen molar-refractivity contribution >= 4 is 24.0 Å². The molecule has 0 aliphatic heterocycles. The molecule has 0 saturated heterocycles. The normalized spacial score (nSPS) is 11.1. The lowest BCUT2D eigenvalue weighted by molar-refractivity contribution is -0.893. The van der Waals surface area contributed by atoms with Crippen molar-refractivity contribution in [3.05, 3.63) is 4.77 Å². The number of nitrogens with two attached hydrogens (primary N) is 1. The van der Waals surface area contributed by atoms with Gasteiger partial charge in [0.1, 0.15) is 0 Å². The molecule has 0 saturated carbocycles. The molecule has 15 heavy (non-hydrogen) atoms. The van der Waals surface area contributed by atoms with Crippen LogP contribution in [0.5, 0.6) is 0 Å². The van der Waals surface area contributed by atoms with Gasteiger partial charge in [0, 0.05) is 0 Å². The summed E-state index contributed by atoms with van der Waals surface area (Å²) in [4.78, 5) is 1.58. The van der Waals surface area contributed by atoms with Crippen LogP contribution in [0.25, 0.3) is 0 Å². The fourth-order valence-corrected chi connectivity index (χ4v) is 2.39. The third kappa shape index (κ3) is 3.51. The summed E-state index contributed by atoms with van der Waals surface area (Å²) >= 11 is 6.56. The van der Waals surface area contributed by atoms with Gasteiger partial charge in [0.15, 0.2) is 0 Å². The maximum absolute atomic E-state index is 5.68. The second kappa shape index (κ2) is 6.14. The highest BCUT2D eigenvalue weighted by Gasteiger charge is 2.06. The number of nitrogen functional groups attached to an aromatic ring is 1. The van der Waals surface area contributed by atoms with Crippen LogP contribution in [-0.2, 0) is 0 Å². The van der Waals surface area contributed by atoms with Gasteiger partial charge in [-0.1, -0.05) is 11.8 Å². The lowest BCUT2D eigenvalue weighted by Gasteiger charge is -2.14. The van der Waals surface area contributed by atoms with Crippen molar-refractivity contribution in [2.24, 2.45) is 0 Å². The van der Waals surface area contributed by atoms with Crippen molar-refractivity contribution in [2.45, 2.75) is 19.0 Å². The maximum Gasteiger partial charge on any atom is 0.214 e. The number of aromatic amines is 1. The van der Waals surface area contributed by atoms with Crippen LogP contribution in [0.4, 0.5) is 0 Å². The molecule has 0 spiro atoms. The first-order valence-corrected chi connectivity index (χ1v) is 6.47. The number of aromatic nitrogens is 3. The highest BCUT2D eigenvalue weighted by molar-refractivity contribution is 7.99. The molecule has 1 heterocycles. The maximum atomic E-state index is 5.68. The molecule has 4 N–H and O–H groups in total. The summed E-state index contributed by atoms with van der Waals surface area (Å²) in [7, 11) is 0. The number of nitrogens with one attached hydrogen (secondary N) is 2. The van der Waals surface area contributed by atoms with Crippen molar-refractivity contribution in [3.63, 3.8) is 0 Å². The van der Waals surface area contributed by atoms with Crippen LogP contribution < -0.4 is 10.7 Å². The minimum absolute atomic E-state index is 0.465. The molecule has 5 nitrogen and oxygen atoms in total. The van der Waals surface area contributed by atoms with Gasteiger partial charge in [0.25, 0.3) is 0 Å². The number of hydrogen-bond donors (Lipinski definition) is 3. The fraction of sp³-hybridized carbons (Fsp3) is 0.750. The molecular formula is C8H18N5S2+. The van der Waals surface area contributed by atoms with Gasteiger partial charge in [-0.15, -0.1) is 5.10 Å². The van der Waals surface area contributed by atoms with Crippen LogP contribution in [-0.4, -0.2) is 40.3 Å². The van der Waals surface area contributed by atoms with Crippen molar-refractivity contribution in [1.29, 1.82) is 0 Å². The number of hydrogen-bond acceptors (Lipinski definition) is 4. The largest absolute Gasteiger partial charge is 0.335 e. The molecule has 86 valence electrons. The number of quaternary nitrogens is 1. The van der Waals surface area contributed by atoms with E-state index in [0.717, 1.165) is 30.5 Å². The van der Waals surface area contributed by atoms with Gasteiger partial charge < -0.3 is 10.7 Å². The van der Waals surface area contributed by atoms with E-state index >= 15 is 0 Å². The zero-order chi connectivity index (χ0) is 11.3. The Morgan fingerprint density at radius 3 is 2.67 bits per heavy atom. The molecule has 0 amide bonds. The molecule has 0 radical (unpaired) electrons. The van der Waals surface area contributed by atoms with E-state index in [9.17, 15) is 0 Å². The Balaban J connectivity index is 2.38. The van der Waals surface area contributed by atoms with E-state index < -0.39 is 0 Å². The summed E-state index contributed by atoms with van der Waals surface area (Å²) < 4.78 is 1.88. The van der Waals surface area contributed by atoms with E-state index in [-0.39, 0.29) is 0 Å². The average Bonchev–Trinajstić information content (AvgIpc) is 2.56. The first-order chi connectivity index (χ1) is 7.19. The zero-order valence-electron chi connectivity index (χ0n) is 9.12. The first-order valence-electron chi connectivity index (χ1n) is 5.07. The predicted molar refractivity (Wildman–Crippen MR) is 65.2 cm³/mol. The van der Waals surface area contributed by atoms with E-state index in [2.05, 4.69) is 24.0 Å². The highest BCUT2D eigenvalue weighted by atomic mass is 32.2. The molecule has 0 bridgehead atoms. The molecule has 0 atom stereocenters. The Morgan fingerprint density at radius 1 is 1.53 bits per heavy atom. The minimum Gasteiger partial charge on any atom is -0.335 e. The van der Waals surface area contributed by atoms with Crippen molar-refractivity contribution in [2.75, 3.05) is 31.2 Å². The summed E-state index contributed by atoms with van der Waals surface area (Å²) in [6, 6.07) is 0. The number of H-pyrrole nitrogens is 1. The van der Waals surface area contributed by atoms with Gasteiger partial charge in [-0.25, -0.2) is 9.77 Å². The van der Waals surface area contributed by atoms with Gasteiger partial charge in [-0.3, -0.25) is 0 Å². The number of thioether (sulfide) groups is 1. The number of nitrogens with zero attached hydrogens (tertiary/aromatic N) is 2. The molecule has 0 fully saturated rings. The second-order valence-corrected chi connectivity index (χ2v) is 4.69. The van der Waals surface area contributed by atoms with Crippen LogP contribution in [0.3, 0.4) is 0 Å². The van der Waals surface area contributed by atoms with Gasteiger partial charge in [0.2, 0.25) is 9.93 Å². The van der Waals surface area contributed by atoms with Gasteiger partial charge in [0.05, 0.1) is 25.4 Å². The minimum atomic E-state index is 0.465. The lowest BCUT2D eigenvalue weighted by Crippen LogP contribution is -3.11. The Labute approximate surface area is 99.0 Å². The molecule has 0 aromatic carbocycles. The SMILES string of the molecule is CC[NH+](CC)CCSc1n[nH]c(=S)n1N. The summed E-state index contributed by atoms with van der Waals surface area (Å²) in [5.74, 6) is 6.68. The fourth-order valence-electron chi connectivity index (χ4n) is 1.28. The van der Waals surface area contributed by atoms with E-state index in [0.29, 0.717) is 4.77 Å².